The van der Waals surface area contributed by atoms with E-state index < -0.39 is 0 Å². The number of hydrogen-bond acceptors (Lipinski definition) is 4. The molecule has 0 bridgehead atoms. The van der Waals surface area contributed by atoms with Crippen LogP contribution in [-0.4, -0.2) is 26.3 Å². The molecule has 28 heavy (non-hydrogen) atoms. The standard InChI is InChI=1S/C22H15N5O/c28-22-21-20(18-8-4-5-9-19(18)24-21)25-26-27(22)23-14-15-10-12-17(13-11-15)16-6-2-1-3-7-16/h1-14,24H. The molecule has 134 valence electrons. The summed E-state index contributed by atoms with van der Waals surface area (Å²) in [6.45, 7) is 0. The van der Waals surface area contributed by atoms with E-state index in [9.17, 15) is 4.79 Å². The molecule has 2 heterocycles. The van der Waals surface area contributed by atoms with E-state index >= 15 is 0 Å². The molecule has 0 aliphatic carbocycles. The molecule has 5 rings (SSSR count). The topological polar surface area (TPSA) is 75.9 Å². The molecule has 3 aromatic carbocycles. The molecule has 0 aliphatic rings. The van der Waals surface area contributed by atoms with Gasteiger partial charge in [0.1, 0.15) is 11.0 Å². The van der Waals surface area contributed by atoms with Gasteiger partial charge in [-0.2, -0.15) is 5.10 Å². The maximum atomic E-state index is 12.7. The van der Waals surface area contributed by atoms with Gasteiger partial charge in [-0.1, -0.05) is 77.6 Å². The van der Waals surface area contributed by atoms with Crippen LogP contribution in [0, 0.1) is 0 Å². The SMILES string of the molecule is O=c1c2[nH]c3ccccc3c2nnn1N=Cc1ccc(-c2ccccc2)cc1. The van der Waals surface area contributed by atoms with Gasteiger partial charge in [-0.05, 0) is 28.0 Å². The summed E-state index contributed by atoms with van der Waals surface area (Å²) in [7, 11) is 0. The lowest BCUT2D eigenvalue weighted by atomic mass is 10.0. The first-order valence-electron chi connectivity index (χ1n) is 8.86. The number of fused-ring (bicyclic) bond motifs is 3. The van der Waals surface area contributed by atoms with Crippen LogP contribution < -0.4 is 5.56 Å². The molecule has 0 fully saturated rings. The zero-order valence-corrected chi connectivity index (χ0v) is 14.8. The molecule has 0 aliphatic heterocycles. The monoisotopic (exact) mass is 365 g/mol. The van der Waals surface area contributed by atoms with E-state index in [0.717, 1.165) is 32.4 Å². The summed E-state index contributed by atoms with van der Waals surface area (Å²) in [5.74, 6) is 0. The Morgan fingerprint density at radius 1 is 0.857 bits per heavy atom. The fraction of sp³-hybridized carbons (Fsp3) is 0. The lowest BCUT2D eigenvalue weighted by Gasteiger charge is -2.01. The highest BCUT2D eigenvalue weighted by atomic mass is 16.1. The predicted octanol–water partition coefficient (Wildman–Crippen LogP) is 3.82. The average Bonchev–Trinajstić information content (AvgIpc) is 3.14. The summed E-state index contributed by atoms with van der Waals surface area (Å²) in [6.07, 6.45) is 1.60. The van der Waals surface area contributed by atoms with Crippen molar-refractivity contribution >= 4 is 28.2 Å². The number of aromatic nitrogens is 4. The Morgan fingerprint density at radius 2 is 1.57 bits per heavy atom. The molecule has 0 unspecified atom stereocenters. The zero-order valence-electron chi connectivity index (χ0n) is 14.8. The van der Waals surface area contributed by atoms with Crippen LogP contribution in [0.1, 0.15) is 5.56 Å². The Hall–Kier alpha value is -4.06. The third-order valence-electron chi connectivity index (χ3n) is 4.64. The second-order valence-electron chi connectivity index (χ2n) is 6.41. The van der Waals surface area contributed by atoms with Gasteiger partial charge in [0.15, 0.2) is 0 Å². The molecule has 5 aromatic rings. The first kappa shape index (κ1) is 16.1. The molecule has 0 spiro atoms. The quantitative estimate of drug-likeness (QED) is 0.494. The lowest BCUT2D eigenvalue weighted by molar-refractivity contribution is 0.640. The van der Waals surface area contributed by atoms with E-state index in [1.807, 2.05) is 66.7 Å². The zero-order chi connectivity index (χ0) is 18.9. The fourth-order valence-electron chi connectivity index (χ4n) is 3.20. The van der Waals surface area contributed by atoms with Crippen molar-refractivity contribution in [1.29, 1.82) is 0 Å². The van der Waals surface area contributed by atoms with Crippen molar-refractivity contribution in [3.63, 3.8) is 0 Å². The van der Waals surface area contributed by atoms with Crippen molar-refractivity contribution in [2.24, 2.45) is 5.10 Å². The Bertz CT molecular complexity index is 1370. The van der Waals surface area contributed by atoms with E-state index in [2.05, 4.69) is 32.5 Å². The van der Waals surface area contributed by atoms with Gasteiger partial charge in [0, 0.05) is 10.9 Å². The number of nitrogens with zero attached hydrogens (tertiary/aromatic N) is 4. The van der Waals surface area contributed by atoms with Crippen LogP contribution in [0.15, 0.2) is 88.8 Å². The summed E-state index contributed by atoms with van der Waals surface area (Å²) in [4.78, 5) is 16.8. The molecule has 1 N–H and O–H groups in total. The van der Waals surface area contributed by atoms with Crippen LogP contribution in [0.5, 0.6) is 0 Å². The smallest absolute Gasteiger partial charge is 0.315 e. The van der Waals surface area contributed by atoms with Gasteiger partial charge in [-0.25, -0.2) is 0 Å². The number of aromatic amines is 1. The fourth-order valence-corrected chi connectivity index (χ4v) is 3.20. The number of rotatable bonds is 3. The Morgan fingerprint density at radius 3 is 2.39 bits per heavy atom. The highest BCUT2D eigenvalue weighted by Gasteiger charge is 2.11. The summed E-state index contributed by atoms with van der Waals surface area (Å²) in [5, 5.41) is 13.2. The molecule has 0 saturated heterocycles. The number of hydrogen-bond donors (Lipinski definition) is 1. The molecule has 0 radical (unpaired) electrons. The number of benzene rings is 3. The van der Waals surface area contributed by atoms with Crippen LogP contribution in [0.4, 0.5) is 0 Å². The van der Waals surface area contributed by atoms with Gasteiger partial charge in [-0.3, -0.25) is 4.79 Å². The van der Waals surface area contributed by atoms with Gasteiger partial charge in [0.2, 0.25) is 0 Å². The van der Waals surface area contributed by atoms with Gasteiger partial charge in [0.25, 0.3) is 0 Å². The van der Waals surface area contributed by atoms with Crippen LogP contribution in [-0.2, 0) is 0 Å². The molecule has 2 aromatic heterocycles. The van der Waals surface area contributed by atoms with Crippen LogP contribution in [0.3, 0.4) is 0 Å². The summed E-state index contributed by atoms with van der Waals surface area (Å²) in [6, 6.07) is 25.7. The first-order valence-corrected chi connectivity index (χ1v) is 8.86. The van der Waals surface area contributed by atoms with Gasteiger partial charge >= 0.3 is 5.56 Å². The largest absolute Gasteiger partial charge is 0.348 e. The number of nitrogens with one attached hydrogen (secondary N) is 1. The minimum atomic E-state index is -0.335. The number of para-hydroxylation sites is 1. The van der Waals surface area contributed by atoms with Crippen molar-refractivity contribution in [2.45, 2.75) is 0 Å². The highest BCUT2D eigenvalue weighted by Crippen LogP contribution is 2.20. The molecular weight excluding hydrogens is 350 g/mol. The second-order valence-corrected chi connectivity index (χ2v) is 6.41. The van der Waals surface area contributed by atoms with Crippen molar-refractivity contribution in [1.82, 2.24) is 20.1 Å². The van der Waals surface area contributed by atoms with E-state index in [1.54, 1.807) is 6.21 Å². The van der Waals surface area contributed by atoms with Crippen LogP contribution >= 0.6 is 0 Å². The van der Waals surface area contributed by atoms with Gasteiger partial charge in [-0.15, -0.1) is 5.10 Å². The van der Waals surface area contributed by atoms with Crippen molar-refractivity contribution < 1.29 is 0 Å². The van der Waals surface area contributed by atoms with Gasteiger partial charge < -0.3 is 4.98 Å². The van der Waals surface area contributed by atoms with Crippen LogP contribution in [0.25, 0.3) is 33.1 Å². The average molecular weight is 365 g/mol. The summed E-state index contributed by atoms with van der Waals surface area (Å²) in [5.41, 5.74) is 4.60. The second kappa shape index (κ2) is 6.59. The predicted molar refractivity (Wildman–Crippen MR) is 111 cm³/mol. The normalized spacial score (nSPS) is 11.6. The first-order chi connectivity index (χ1) is 13.8. The van der Waals surface area contributed by atoms with Crippen LogP contribution in [0.2, 0.25) is 0 Å². The Balaban J connectivity index is 1.48. The van der Waals surface area contributed by atoms with Crippen molar-refractivity contribution in [3.8, 4) is 11.1 Å². The van der Waals surface area contributed by atoms with E-state index in [1.165, 1.54) is 0 Å². The summed E-state index contributed by atoms with van der Waals surface area (Å²) < 4.78 is 0. The van der Waals surface area contributed by atoms with E-state index in [-0.39, 0.29) is 5.56 Å². The van der Waals surface area contributed by atoms with Crippen molar-refractivity contribution in [2.75, 3.05) is 0 Å². The molecule has 0 atom stereocenters. The Labute approximate surface area is 159 Å². The van der Waals surface area contributed by atoms with E-state index in [4.69, 9.17) is 0 Å². The molecule has 6 nitrogen and oxygen atoms in total. The molecule has 0 saturated carbocycles. The highest BCUT2D eigenvalue weighted by molar-refractivity contribution is 6.04. The van der Waals surface area contributed by atoms with Crippen molar-refractivity contribution in [3.05, 3.63) is 94.8 Å². The minimum Gasteiger partial charge on any atom is -0.348 e. The van der Waals surface area contributed by atoms with Gasteiger partial charge in [0.05, 0.1) is 6.21 Å². The minimum absolute atomic E-state index is 0.335. The lowest BCUT2D eigenvalue weighted by Crippen LogP contribution is -2.20. The third kappa shape index (κ3) is 2.77. The number of H-pyrrole nitrogens is 1. The maximum Gasteiger partial charge on any atom is 0.315 e. The molecular formula is C22H15N5O. The molecule has 0 amide bonds. The summed E-state index contributed by atoms with van der Waals surface area (Å²) >= 11 is 0. The molecule has 6 heteroatoms. The van der Waals surface area contributed by atoms with E-state index in [0.29, 0.717) is 11.0 Å². The third-order valence-corrected chi connectivity index (χ3v) is 4.64. The Kier molecular flexibility index (Phi) is 3.80. The maximum absolute atomic E-state index is 12.7.